The van der Waals surface area contributed by atoms with Gasteiger partial charge in [-0.1, -0.05) is 32.0 Å². The van der Waals surface area contributed by atoms with Crippen LogP contribution >= 0.6 is 0 Å². The summed E-state index contributed by atoms with van der Waals surface area (Å²) < 4.78 is 4.82. The lowest BCUT2D eigenvalue weighted by molar-refractivity contribution is -0.119. The molecule has 1 amide bonds. The molecule has 0 unspecified atom stereocenters. The molecule has 18 heavy (non-hydrogen) atoms. The minimum atomic E-state index is -0.121. The zero-order chi connectivity index (χ0) is 13.4. The number of para-hydroxylation sites is 1. The number of carbonyl (C=O) groups is 1. The molecular weight excluding hydrogens is 228 g/mol. The molecule has 0 aliphatic heterocycles. The van der Waals surface area contributed by atoms with Crippen LogP contribution in [-0.2, 0) is 16.1 Å². The SMILES string of the molecule is CCN(CC)Cc1ccccc1NC(=O)COC. The van der Waals surface area contributed by atoms with Crippen molar-refractivity contribution in [3.8, 4) is 0 Å². The lowest BCUT2D eigenvalue weighted by atomic mass is 10.1. The predicted molar refractivity (Wildman–Crippen MR) is 73.6 cm³/mol. The first-order valence-electron chi connectivity index (χ1n) is 6.30. The molecule has 0 fully saturated rings. The number of methoxy groups -OCH3 is 1. The van der Waals surface area contributed by atoms with Gasteiger partial charge in [-0.05, 0) is 24.7 Å². The van der Waals surface area contributed by atoms with Crippen LogP contribution in [0, 0.1) is 0 Å². The van der Waals surface area contributed by atoms with E-state index in [2.05, 4.69) is 24.1 Å². The summed E-state index contributed by atoms with van der Waals surface area (Å²) in [5.41, 5.74) is 2.00. The maximum atomic E-state index is 11.5. The molecule has 0 saturated carbocycles. The third-order valence-corrected chi connectivity index (χ3v) is 2.86. The summed E-state index contributed by atoms with van der Waals surface area (Å²) in [5, 5.41) is 2.87. The Bertz CT molecular complexity index is 376. The Morgan fingerprint density at radius 1 is 1.28 bits per heavy atom. The number of hydrogen-bond donors (Lipinski definition) is 1. The molecule has 0 saturated heterocycles. The summed E-state index contributed by atoms with van der Waals surface area (Å²) in [7, 11) is 1.52. The monoisotopic (exact) mass is 250 g/mol. The Hall–Kier alpha value is -1.39. The molecule has 0 radical (unpaired) electrons. The number of nitrogens with zero attached hydrogens (tertiary/aromatic N) is 1. The number of carbonyl (C=O) groups excluding carboxylic acids is 1. The molecule has 0 bridgehead atoms. The Morgan fingerprint density at radius 3 is 2.56 bits per heavy atom. The molecule has 1 aromatic carbocycles. The van der Waals surface area contributed by atoms with Crippen LogP contribution in [-0.4, -0.2) is 37.6 Å². The first kappa shape index (κ1) is 14.7. The molecule has 0 aliphatic rings. The third kappa shape index (κ3) is 4.47. The molecule has 4 heteroatoms. The summed E-state index contributed by atoms with van der Waals surface area (Å²) in [6.45, 7) is 7.19. The van der Waals surface area contributed by atoms with E-state index in [0.29, 0.717) is 0 Å². The summed E-state index contributed by atoms with van der Waals surface area (Å²) in [4.78, 5) is 13.8. The van der Waals surface area contributed by atoms with Gasteiger partial charge in [-0.15, -0.1) is 0 Å². The Morgan fingerprint density at radius 2 is 1.94 bits per heavy atom. The zero-order valence-corrected chi connectivity index (χ0v) is 11.4. The van der Waals surface area contributed by atoms with Crippen molar-refractivity contribution >= 4 is 11.6 Å². The zero-order valence-electron chi connectivity index (χ0n) is 11.4. The van der Waals surface area contributed by atoms with E-state index >= 15 is 0 Å². The molecule has 100 valence electrons. The number of rotatable bonds is 7. The molecule has 0 aromatic heterocycles. The van der Waals surface area contributed by atoms with E-state index in [1.807, 2.05) is 24.3 Å². The molecule has 4 nitrogen and oxygen atoms in total. The summed E-state index contributed by atoms with van der Waals surface area (Å²) in [5.74, 6) is -0.121. The fraction of sp³-hybridized carbons (Fsp3) is 0.500. The number of amides is 1. The number of nitrogens with one attached hydrogen (secondary N) is 1. The maximum Gasteiger partial charge on any atom is 0.250 e. The van der Waals surface area contributed by atoms with Gasteiger partial charge in [0.15, 0.2) is 0 Å². The number of hydrogen-bond acceptors (Lipinski definition) is 3. The van der Waals surface area contributed by atoms with Crippen molar-refractivity contribution in [1.29, 1.82) is 0 Å². The highest BCUT2D eigenvalue weighted by Crippen LogP contribution is 2.17. The largest absolute Gasteiger partial charge is 0.375 e. The van der Waals surface area contributed by atoms with Crippen LogP contribution in [0.1, 0.15) is 19.4 Å². The van der Waals surface area contributed by atoms with Gasteiger partial charge < -0.3 is 10.1 Å². The molecule has 1 rings (SSSR count). The van der Waals surface area contributed by atoms with Gasteiger partial charge in [0.05, 0.1) is 0 Å². The first-order valence-corrected chi connectivity index (χ1v) is 6.30. The maximum absolute atomic E-state index is 11.5. The van der Waals surface area contributed by atoms with Gasteiger partial charge in [0, 0.05) is 19.3 Å². The Labute approximate surface area is 109 Å². The Kier molecular flexibility index (Phi) is 6.39. The van der Waals surface area contributed by atoms with Gasteiger partial charge in [-0.25, -0.2) is 0 Å². The second kappa shape index (κ2) is 7.84. The van der Waals surface area contributed by atoms with Crippen LogP contribution in [0.5, 0.6) is 0 Å². The topological polar surface area (TPSA) is 41.6 Å². The summed E-state index contributed by atoms with van der Waals surface area (Å²) >= 11 is 0. The molecule has 0 heterocycles. The van der Waals surface area contributed by atoms with Crippen LogP contribution in [0.25, 0.3) is 0 Å². The van der Waals surface area contributed by atoms with Crippen LogP contribution in [0.2, 0.25) is 0 Å². The second-order valence-electron chi connectivity index (χ2n) is 4.10. The normalized spacial score (nSPS) is 10.7. The van der Waals surface area contributed by atoms with Crippen molar-refractivity contribution in [3.05, 3.63) is 29.8 Å². The second-order valence-corrected chi connectivity index (χ2v) is 4.10. The molecule has 1 aromatic rings. The minimum absolute atomic E-state index is 0.0829. The smallest absolute Gasteiger partial charge is 0.250 e. The fourth-order valence-corrected chi connectivity index (χ4v) is 1.79. The number of ether oxygens (including phenoxy) is 1. The van der Waals surface area contributed by atoms with E-state index in [0.717, 1.165) is 30.9 Å². The molecular formula is C14H22N2O2. The van der Waals surface area contributed by atoms with Crippen molar-refractivity contribution in [2.24, 2.45) is 0 Å². The highest BCUT2D eigenvalue weighted by Gasteiger charge is 2.08. The third-order valence-electron chi connectivity index (χ3n) is 2.86. The average molecular weight is 250 g/mol. The van der Waals surface area contributed by atoms with Gasteiger partial charge >= 0.3 is 0 Å². The highest BCUT2D eigenvalue weighted by atomic mass is 16.5. The molecule has 1 N–H and O–H groups in total. The van der Waals surface area contributed by atoms with Gasteiger partial charge in [0.25, 0.3) is 0 Å². The van der Waals surface area contributed by atoms with E-state index in [9.17, 15) is 4.79 Å². The average Bonchev–Trinajstić information content (AvgIpc) is 2.38. The van der Waals surface area contributed by atoms with Crippen molar-refractivity contribution < 1.29 is 9.53 Å². The summed E-state index contributed by atoms with van der Waals surface area (Å²) in [6, 6.07) is 7.88. The van der Waals surface area contributed by atoms with Crippen molar-refractivity contribution in [2.45, 2.75) is 20.4 Å². The first-order chi connectivity index (χ1) is 8.71. The van der Waals surface area contributed by atoms with Crippen molar-refractivity contribution in [3.63, 3.8) is 0 Å². The van der Waals surface area contributed by atoms with Gasteiger partial charge in [0.2, 0.25) is 5.91 Å². The quantitative estimate of drug-likeness (QED) is 0.806. The molecule has 0 spiro atoms. The van der Waals surface area contributed by atoms with E-state index in [4.69, 9.17) is 4.74 Å². The van der Waals surface area contributed by atoms with Crippen LogP contribution < -0.4 is 5.32 Å². The predicted octanol–water partition coefficient (Wildman–Crippen LogP) is 2.11. The molecule has 0 atom stereocenters. The standard InChI is InChI=1S/C14H22N2O2/c1-4-16(5-2)10-12-8-6-7-9-13(12)15-14(17)11-18-3/h6-9H,4-5,10-11H2,1-3H3,(H,15,17). The lowest BCUT2D eigenvalue weighted by Gasteiger charge is -2.20. The fourth-order valence-electron chi connectivity index (χ4n) is 1.79. The van der Waals surface area contributed by atoms with Crippen molar-refractivity contribution in [2.75, 3.05) is 32.1 Å². The van der Waals surface area contributed by atoms with E-state index in [1.165, 1.54) is 7.11 Å². The summed E-state index contributed by atoms with van der Waals surface area (Å²) in [6.07, 6.45) is 0. The number of anilines is 1. The van der Waals surface area contributed by atoms with Crippen molar-refractivity contribution in [1.82, 2.24) is 4.90 Å². The van der Waals surface area contributed by atoms with Gasteiger partial charge in [-0.2, -0.15) is 0 Å². The van der Waals surface area contributed by atoms with E-state index in [1.54, 1.807) is 0 Å². The Balaban J connectivity index is 2.75. The van der Waals surface area contributed by atoms with Gasteiger partial charge in [-0.3, -0.25) is 9.69 Å². The highest BCUT2D eigenvalue weighted by molar-refractivity contribution is 5.92. The number of benzene rings is 1. The van der Waals surface area contributed by atoms with Crippen LogP contribution in [0.15, 0.2) is 24.3 Å². The van der Waals surface area contributed by atoms with Crippen LogP contribution in [0.3, 0.4) is 0 Å². The van der Waals surface area contributed by atoms with E-state index < -0.39 is 0 Å². The molecule has 0 aliphatic carbocycles. The van der Waals surface area contributed by atoms with E-state index in [-0.39, 0.29) is 12.5 Å². The minimum Gasteiger partial charge on any atom is -0.375 e. The lowest BCUT2D eigenvalue weighted by Crippen LogP contribution is -2.24. The van der Waals surface area contributed by atoms with Gasteiger partial charge in [0.1, 0.15) is 6.61 Å². The van der Waals surface area contributed by atoms with Crippen LogP contribution in [0.4, 0.5) is 5.69 Å².